The number of aliphatic hydroxyl groups is 1. The summed E-state index contributed by atoms with van der Waals surface area (Å²) < 4.78 is 6.73. The number of likely N-dealkylation sites (tertiary alicyclic amines) is 1. The largest absolute Gasteiger partial charge is 0.394 e. The average molecular weight is 540 g/mol. The predicted molar refractivity (Wildman–Crippen MR) is 143 cm³/mol. The number of amides is 3. The first-order valence-electron chi connectivity index (χ1n) is 13.2. The lowest BCUT2D eigenvalue weighted by Crippen LogP contribution is -2.56. The number of aliphatic hydroxyl groups excluding tert-OH is 1. The number of nitrogens with one attached hydrogen (secondary N) is 2. The monoisotopic (exact) mass is 539 g/mol. The minimum absolute atomic E-state index is 0.254. The Morgan fingerprint density at radius 1 is 1.16 bits per heavy atom. The topological polar surface area (TPSA) is 108 Å². The molecule has 6 atom stereocenters. The van der Waals surface area contributed by atoms with Crippen molar-refractivity contribution in [1.29, 1.82) is 0 Å². The summed E-state index contributed by atoms with van der Waals surface area (Å²) >= 11 is 6.40. The lowest BCUT2D eigenvalue weighted by Gasteiger charge is -2.36. The number of aryl methyl sites for hydroxylation is 1. The Morgan fingerprint density at radius 2 is 1.89 bits per heavy atom. The summed E-state index contributed by atoms with van der Waals surface area (Å²) in [6.45, 7) is 5.50. The van der Waals surface area contributed by atoms with Crippen LogP contribution in [0, 0.1) is 18.8 Å². The standard InChI is InChI=1S/C29H34ClN3O5/c1-4-28-13-14-29(38-28)22(21(28)25(35)31-15-19-10-6-5-7-11-19)27(37)33(18(3)16-34)24(29)26(36)32-23-17(2)9-8-12-20(23)30/h5-12,18,21-22,24,34H,4,13-16H2,1-3H3,(H,31,35)(H,32,36)/t18-,21+,22+,24?,28-,29?/m1/s1. The second-order valence-electron chi connectivity index (χ2n) is 10.7. The minimum atomic E-state index is -1.18. The zero-order valence-corrected chi connectivity index (χ0v) is 22.6. The number of carbonyl (C=O) groups excluding carboxylic acids is 3. The molecule has 8 nitrogen and oxygen atoms in total. The fraction of sp³-hybridized carbons (Fsp3) is 0.483. The molecule has 0 aliphatic carbocycles. The van der Waals surface area contributed by atoms with Crippen LogP contribution in [0.4, 0.5) is 5.69 Å². The van der Waals surface area contributed by atoms with Crippen LogP contribution in [0.1, 0.15) is 44.2 Å². The molecule has 3 fully saturated rings. The maximum absolute atomic E-state index is 14.1. The number of fused-ring (bicyclic) bond motifs is 1. The maximum Gasteiger partial charge on any atom is 0.250 e. The van der Waals surface area contributed by atoms with Gasteiger partial charge in [0.2, 0.25) is 17.7 Å². The Morgan fingerprint density at radius 3 is 2.55 bits per heavy atom. The molecule has 2 unspecified atom stereocenters. The van der Waals surface area contributed by atoms with Crippen molar-refractivity contribution in [1.82, 2.24) is 10.2 Å². The Bertz CT molecular complexity index is 1240. The van der Waals surface area contributed by atoms with Crippen LogP contribution in [0.25, 0.3) is 0 Å². The van der Waals surface area contributed by atoms with Crippen molar-refractivity contribution in [2.45, 2.75) is 69.9 Å². The molecule has 1 spiro atoms. The summed E-state index contributed by atoms with van der Waals surface area (Å²) in [4.78, 5) is 43.2. The normalized spacial score (nSPS) is 30.3. The zero-order valence-electron chi connectivity index (χ0n) is 21.9. The third-order valence-corrected chi connectivity index (χ3v) is 8.98. The molecule has 3 aliphatic rings. The number of ether oxygens (including phenoxy) is 1. The average Bonchev–Trinajstić information content (AvgIpc) is 3.53. The fourth-order valence-electron chi connectivity index (χ4n) is 6.79. The molecule has 202 valence electrons. The van der Waals surface area contributed by atoms with Gasteiger partial charge >= 0.3 is 0 Å². The molecule has 0 radical (unpaired) electrons. The summed E-state index contributed by atoms with van der Waals surface area (Å²) in [5, 5.41) is 16.4. The van der Waals surface area contributed by atoms with Crippen LogP contribution in [-0.2, 0) is 25.7 Å². The van der Waals surface area contributed by atoms with Gasteiger partial charge in [-0.2, -0.15) is 0 Å². The molecule has 0 aromatic heterocycles. The molecule has 3 heterocycles. The first kappa shape index (κ1) is 26.7. The highest BCUT2D eigenvalue weighted by molar-refractivity contribution is 6.34. The Kier molecular flexibility index (Phi) is 7.00. The highest BCUT2D eigenvalue weighted by Gasteiger charge is 2.78. The van der Waals surface area contributed by atoms with Crippen LogP contribution in [0.3, 0.4) is 0 Å². The third kappa shape index (κ3) is 4.01. The molecule has 5 rings (SSSR count). The number of halogens is 1. The number of hydrogen-bond donors (Lipinski definition) is 3. The van der Waals surface area contributed by atoms with Crippen LogP contribution in [0.2, 0.25) is 5.02 Å². The number of benzene rings is 2. The van der Waals surface area contributed by atoms with Gasteiger partial charge in [-0.3, -0.25) is 14.4 Å². The number of anilines is 1. The predicted octanol–water partition coefficient (Wildman–Crippen LogP) is 3.44. The van der Waals surface area contributed by atoms with E-state index in [4.69, 9.17) is 16.3 Å². The molecule has 2 bridgehead atoms. The fourth-order valence-corrected chi connectivity index (χ4v) is 7.06. The van der Waals surface area contributed by atoms with Crippen molar-refractivity contribution in [3.05, 3.63) is 64.7 Å². The second-order valence-corrected chi connectivity index (χ2v) is 11.1. The Balaban J connectivity index is 1.51. The van der Waals surface area contributed by atoms with E-state index in [1.54, 1.807) is 19.1 Å². The van der Waals surface area contributed by atoms with Gasteiger partial charge in [0.05, 0.1) is 40.8 Å². The summed E-state index contributed by atoms with van der Waals surface area (Å²) in [5.74, 6) is -2.60. The van der Waals surface area contributed by atoms with E-state index in [0.29, 0.717) is 36.5 Å². The number of hydrogen-bond acceptors (Lipinski definition) is 5. The van der Waals surface area contributed by atoms with Gasteiger partial charge in [0.25, 0.3) is 0 Å². The molecule has 38 heavy (non-hydrogen) atoms. The molecule has 3 aliphatic heterocycles. The lowest BCUT2D eigenvalue weighted by molar-refractivity contribution is -0.148. The molecule has 9 heteroatoms. The molecule has 2 aromatic carbocycles. The van der Waals surface area contributed by atoms with E-state index < -0.39 is 41.0 Å². The van der Waals surface area contributed by atoms with Crippen molar-refractivity contribution >= 4 is 35.0 Å². The van der Waals surface area contributed by atoms with E-state index in [0.717, 1.165) is 11.1 Å². The van der Waals surface area contributed by atoms with Crippen LogP contribution >= 0.6 is 11.6 Å². The molecular formula is C29H34ClN3O5. The van der Waals surface area contributed by atoms with Gasteiger partial charge in [0.15, 0.2) is 0 Å². The van der Waals surface area contributed by atoms with Gasteiger partial charge in [0.1, 0.15) is 11.6 Å². The quantitative estimate of drug-likeness (QED) is 0.476. The van der Waals surface area contributed by atoms with Gasteiger partial charge in [-0.25, -0.2) is 0 Å². The molecular weight excluding hydrogens is 506 g/mol. The summed E-state index contributed by atoms with van der Waals surface area (Å²) in [5.41, 5.74) is 0.188. The second kappa shape index (κ2) is 9.98. The number of carbonyl (C=O) groups is 3. The number of rotatable bonds is 8. The van der Waals surface area contributed by atoms with Crippen molar-refractivity contribution in [3.8, 4) is 0 Å². The van der Waals surface area contributed by atoms with E-state index in [9.17, 15) is 19.5 Å². The van der Waals surface area contributed by atoms with E-state index in [1.807, 2.05) is 50.2 Å². The number of nitrogens with zero attached hydrogens (tertiary/aromatic N) is 1. The Labute approximate surface area is 227 Å². The molecule has 2 aromatic rings. The van der Waals surface area contributed by atoms with Crippen LogP contribution in [0.5, 0.6) is 0 Å². The highest BCUT2D eigenvalue weighted by Crippen LogP contribution is 2.64. The van der Waals surface area contributed by atoms with Gasteiger partial charge in [-0.15, -0.1) is 0 Å². The summed E-state index contributed by atoms with van der Waals surface area (Å²) in [6.07, 6.45) is 1.57. The first-order valence-corrected chi connectivity index (χ1v) is 13.6. The maximum atomic E-state index is 14.1. The minimum Gasteiger partial charge on any atom is -0.394 e. The van der Waals surface area contributed by atoms with Gasteiger partial charge in [0, 0.05) is 6.54 Å². The van der Waals surface area contributed by atoms with E-state index in [1.165, 1.54) is 4.90 Å². The SMILES string of the molecule is CC[C@]12CCC3(O1)C(C(=O)Nc1c(C)cccc1Cl)N([C@H](C)CO)C(=O)[C@@H]3[C@H]2C(=O)NCc1ccccc1. The third-order valence-electron chi connectivity index (χ3n) is 8.67. The molecule has 3 N–H and O–H groups in total. The van der Waals surface area contributed by atoms with Crippen LogP contribution < -0.4 is 10.6 Å². The molecule has 0 saturated carbocycles. The summed E-state index contributed by atoms with van der Waals surface area (Å²) in [6, 6.07) is 13.3. The first-order chi connectivity index (χ1) is 18.2. The smallest absolute Gasteiger partial charge is 0.250 e. The van der Waals surface area contributed by atoms with Crippen molar-refractivity contribution in [3.63, 3.8) is 0 Å². The van der Waals surface area contributed by atoms with E-state index in [-0.39, 0.29) is 18.4 Å². The lowest BCUT2D eigenvalue weighted by atomic mass is 9.65. The van der Waals surface area contributed by atoms with E-state index >= 15 is 0 Å². The summed E-state index contributed by atoms with van der Waals surface area (Å²) in [7, 11) is 0. The van der Waals surface area contributed by atoms with Gasteiger partial charge in [-0.1, -0.05) is 61.0 Å². The van der Waals surface area contributed by atoms with Gasteiger partial charge in [-0.05, 0) is 50.3 Å². The van der Waals surface area contributed by atoms with Crippen LogP contribution in [-0.4, -0.2) is 57.6 Å². The van der Waals surface area contributed by atoms with Crippen LogP contribution in [0.15, 0.2) is 48.5 Å². The molecule has 3 saturated heterocycles. The molecule has 3 amide bonds. The Hall–Kier alpha value is -2.94. The van der Waals surface area contributed by atoms with Crippen molar-refractivity contribution in [2.75, 3.05) is 11.9 Å². The number of para-hydroxylation sites is 1. The van der Waals surface area contributed by atoms with Gasteiger partial charge < -0.3 is 25.4 Å². The highest BCUT2D eigenvalue weighted by atomic mass is 35.5. The van der Waals surface area contributed by atoms with E-state index in [2.05, 4.69) is 10.6 Å². The zero-order chi connectivity index (χ0) is 27.2. The van der Waals surface area contributed by atoms with Crippen molar-refractivity contribution in [2.24, 2.45) is 11.8 Å². The van der Waals surface area contributed by atoms with Crippen molar-refractivity contribution < 1.29 is 24.2 Å².